The first-order chi connectivity index (χ1) is 13.0. The second-order valence-corrected chi connectivity index (χ2v) is 7.31. The molecular formula is C18H23N7O2. The average Bonchev–Trinajstić information content (AvgIpc) is 3.01. The summed E-state index contributed by atoms with van der Waals surface area (Å²) in [5.74, 6) is 0.491. The van der Waals surface area contributed by atoms with Crippen LogP contribution >= 0.6 is 0 Å². The molecule has 9 heteroatoms. The van der Waals surface area contributed by atoms with Gasteiger partial charge in [-0.15, -0.1) is 0 Å². The van der Waals surface area contributed by atoms with Crippen LogP contribution in [-0.2, 0) is 9.59 Å². The number of para-hydroxylation sites is 1. The van der Waals surface area contributed by atoms with E-state index in [-0.39, 0.29) is 30.3 Å². The third-order valence-electron chi connectivity index (χ3n) is 5.33. The van der Waals surface area contributed by atoms with Crippen molar-refractivity contribution in [3.05, 3.63) is 30.3 Å². The van der Waals surface area contributed by atoms with Crippen molar-refractivity contribution in [3.8, 4) is 5.69 Å². The lowest BCUT2D eigenvalue weighted by Gasteiger charge is -2.35. The number of likely N-dealkylation sites (N-methyl/N-ethyl adjacent to an activating group) is 1. The molecule has 4 heterocycles. The Labute approximate surface area is 157 Å². The fourth-order valence-electron chi connectivity index (χ4n) is 3.81. The van der Waals surface area contributed by atoms with Crippen molar-refractivity contribution >= 4 is 17.8 Å². The Morgan fingerprint density at radius 3 is 2.70 bits per heavy atom. The molecule has 1 aromatic heterocycles. The van der Waals surface area contributed by atoms with Crippen molar-refractivity contribution in [3.63, 3.8) is 0 Å². The Kier molecular flexibility index (Phi) is 4.51. The van der Waals surface area contributed by atoms with E-state index in [1.165, 1.54) is 4.90 Å². The number of rotatable bonds is 4. The lowest BCUT2D eigenvalue weighted by molar-refractivity contribution is -0.145. The van der Waals surface area contributed by atoms with E-state index < -0.39 is 0 Å². The molecule has 0 aliphatic carbocycles. The molecule has 3 fully saturated rings. The minimum absolute atomic E-state index is 0.0129. The van der Waals surface area contributed by atoms with Crippen molar-refractivity contribution in [1.29, 1.82) is 0 Å². The largest absolute Gasteiger partial charge is 0.347 e. The monoisotopic (exact) mass is 369 g/mol. The summed E-state index contributed by atoms with van der Waals surface area (Å²) in [6.45, 7) is 1.32. The number of aromatic nitrogens is 4. The lowest BCUT2D eigenvalue weighted by atomic mass is 9.94. The van der Waals surface area contributed by atoms with Crippen LogP contribution in [0.25, 0.3) is 5.69 Å². The standard InChI is InChI=1S/C18H23N7O2/c1-22(2)16(26)12-24-15-9-8-13(17(24)27)10-23(11-15)18-19-20-21-25(18)14-6-4-3-5-7-14/h3-7,13,15H,8-12H2,1-2H3/t13-,15+/m0/s1. The Hall–Kier alpha value is -2.97. The zero-order chi connectivity index (χ0) is 19.0. The lowest BCUT2D eigenvalue weighted by Crippen LogP contribution is -2.51. The molecule has 2 bridgehead atoms. The Morgan fingerprint density at radius 1 is 1.19 bits per heavy atom. The number of carbonyl (C=O) groups is 2. The number of fused-ring (bicyclic) bond motifs is 4. The zero-order valence-electron chi connectivity index (χ0n) is 15.5. The van der Waals surface area contributed by atoms with E-state index in [0.717, 1.165) is 18.5 Å². The summed E-state index contributed by atoms with van der Waals surface area (Å²) in [6, 6.07) is 9.69. The van der Waals surface area contributed by atoms with E-state index in [9.17, 15) is 9.59 Å². The van der Waals surface area contributed by atoms with Crippen LogP contribution in [0.2, 0.25) is 0 Å². The number of tetrazole rings is 1. The molecule has 0 radical (unpaired) electrons. The molecule has 0 spiro atoms. The Balaban J connectivity index is 1.61. The summed E-state index contributed by atoms with van der Waals surface area (Å²) >= 11 is 0. The smallest absolute Gasteiger partial charge is 0.250 e. The number of nitrogens with zero attached hydrogens (tertiary/aromatic N) is 7. The molecule has 1 aromatic carbocycles. The van der Waals surface area contributed by atoms with Crippen LogP contribution in [0.1, 0.15) is 12.8 Å². The topological polar surface area (TPSA) is 87.5 Å². The number of piperidine rings is 1. The molecule has 3 aliphatic rings. The Bertz CT molecular complexity index is 835. The van der Waals surface area contributed by atoms with Gasteiger partial charge in [0.25, 0.3) is 0 Å². The molecule has 0 unspecified atom stereocenters. The van der Waals surface area contributed by atoms with Crippen molar-refractivity contribution < 1.29 is 9.59 Å². The number of amides is 2. The molecule has 2 aromatic rings. The highest BCUT2D eigenvalue weighted by molar-refractivity contribution is 5.87. The van der Waals surface area contributed by atoms with E-state index in [0.29, 0.717) is 19.0 Å². The first-order valence-electron chi connectivity index (χ1n) is 9.14. The fraction of sp³-hybridized carbons (Fsp3) is 0.500. The van der Waals surface area contributed by atoms with Gasteiger partial charge in [-0.05, 0) is 35.4 Å². The maximum atomic E-state index is 12.9. The molecule has 142 valence electrons. The third-order valence-corrected chi connectivity index (χ3v) is 5.33. The number of carbonyl (C=O) groups excluding carboxylic acids is 2. The van der Waals surface area contributed by atoms with Crippen LogP contribution < -0.4 is 4.90 Å². The first kappa shape index (κ1) is 17.4. The normalized spacial score (nSPS) is 22.1. The average molecular weight is 369 g/mol. The van der Waals surface area contributed by atoms with Gasteiger partial charge < -0.3 is 14.7 Å². The second kappa shape index (κ2) is 6.98. The highest BCUT2D eigenvalue weighted by Gasteiger charge is 2.42. The van der Waals surface area contributed by atoms with Gasteiger partial charge in [-0.2, -0.15) is 4.68 Å². The molecule has 0 N–H and O–H groups in total. The van der Waals surface area contributed by atoms with E-state index in [1.54, 1.807) is 23.7 Å². The van der Waals surface area contributed by atoms with Crippen molar-refractivity contribution in [2.45, 2.75) is 18.9 Å². The van der Waals surface area contributed by atoms with Gasteiger partial charge in [-0.25, -0.2) is 0 Å². The molecule has 27 heavy (non-hydrogen) atoms. The minimum Gasteiger partial charge on any atom is -0.347 e. The van der Waals surface area contributed by atoms with Gasteiger partial charge in [0, 0.05) is 33.2 Å². The Morgan fingerprint density at radius 2 is 1.96 bits per heavy atom. The van der Waals surface area contributed by atoms with E-state index in [4.69, 9.17) is 0 Å². The molecular weight excluding hydrogens is 346 g/mol. The summed E-state index contributed by atoms with van der Waals surface area (Å²) in [5, 5.41) is 12.2. The maximum absolute atomic E-state index is 12.9. The molecule has 3 saturated heterocycles. The van der Waals surface area contributed by atoms with Gasteiger partial charge in [-0.1, -0.05) is 23.3 Å². The molecule has 2 amide bonds. The van der Waals surface area contributed by atoms with E-state index >= 15 is 0 Å². The van der Waals surface area contributed by atoms with Crippen LogP contribution in [0, 0.1) is 5.92 Å². The van der Waals surface area contributed by atoms with Gasteiger partial charge in [0.05, 0.1) is 11.6 Å². The molecule has 3 aliphatic heterocycles. The fourth-order valence-corrected chi connectivity index (χ4v) is 3.81. The first-order valence-corrected chi connectivity index (χ1v) is 9.14. The summed E-state index contributed by atoms with van der Waals surface area (Å²) in [4.78, 5) is 30.4. The highest BCUT2D eigenvalue weighted by Crippen LogP contribution is 2.31. The van der Waals surface area contributed by atoms with Crippen LogP contribution in [0.4, 0.5) is 5.95 Å². The molecule has 5 rings (SSSR count). The van der Waals surface area contributed by atoms with Gasteiger partial charge in [-0.3, -0.25) is 9.59 Å². The van der Waals surface area contributed by atoms with Crippen LogP contribution in [0.15, 0.2) is 30.3 Å². The van der Waals surface area contributed by atoms with E-state index in [1.807, 2.05) is 30.3 Å². The predicted molar refractivity (Wildman–Crippen MR) is 98.3 cm³/mol. The second-order valence-electron chi connectivity index (χ2n) is 7.31. The number of anilines is 1. The quantitative estimate of drug-likeness (QED) is 0.764. The summed E-state index contributed by atoms with van der Waals surface area (Å²) in [7, 11) is 3.42. The SMILES string of the molecule is CN(C)C(=O)CN1C(=O)[C@H]2CC[C@@H]1CN(c1nnnn1-c1ccccc1)C2. The summed E-state index contributed by atoms with van der Waals surface area (Å²) < 4.78 is 1.70. The minimum atomic E-state index is -0.139. The van der Waals surface area contributed by atoms with Crippen LogP contribution in [-0.4, -0.2) is 81.6 Å². The number of hydrogen-bond donors (Lipinski definition) is 0. The van der Waals surface area contributed by atoms with Crippen molar-refractivity contribution in [2.24, 2.45) is 5.92 Å². The van der Waals surface area contributed by atoms with Crippen molar-refractivity contribution in [1.82, 2.24) is 30.0 Å². The van der Waals surface area contributed by atoms with Gasteiger partial charge >= 0.3 is 0 Å². The van der Waals surface area contributed by atoms with Gasteiger partial charge in [0.15, 0.2) is 0 Å². The molecule has 0 saturated carbocycles. The zero-order valence-corrected chi connectivity index (χ0v) is 15.5. The van der Waals surface area contributed by atoms with Crippen LogP contribution in [0.3, 0.4) is 0 Å². The highest BCUT2D eigenvalue weighted by atomic mass is 16.2. The third kappa shape index (κ3) is 3.24. The maximum Gasteiger partial charge on any atom is 0.250 e. The number of benzene rings is 1. The van der Waals surface area contributed by atoms with Crippen LogP contribution in [0.5, 0.6) is 0 Å². The van der Waals surface area contributed by atoms with Crippen molar-refractivity contribution in [2.75, 3.05) is 38.6 Å². The van der Waals surface area contributed by atoms with E-state index in [2.05, 4.69) is 20.4 Å². The number of hydrogen-bond acceptors (Lipinski definition) is 6. The molecule has 2 atom stereocenters. The predicted octanol–water partition coefficient (Wildman–Crippen LogP) is 0.178. The summed E-state index contributed by atoms with van der Waals surface area (Å²) in [6.07, 6.45) is 1.72. The molecule has 9 nitrogen and oxygen atoms in total. The summed E-state index contributed by atoms with van der Waals surface area (Å²) in [5.41, 5.74) is 0.875. The van der Waals surface area contributed by atoms with Gasteiger partial charge in [0.2, 0.25) is 17.8 Å². The van der Waals surface area contributed by atoms with Gasteiger partial charge in [0.1, 0.15) is 6.54 Å².